The Bertz CT molecular complexity index is 1180. The first-order valence-corrected chi connectivity index (χ1v) is 10.5. The van der Waals surface area contributed by atoms with E-state index in [2.05, 4.69) is 0 Å². The van der Waals surface area contributed by atoms with Gasteiger partial charge in [-0.15, -0.1) is 0 Å². The molecule has 0 bridgehead atoms. The van der Waals surface area contributed by atoms with E-state index in [9.17, 15) is 9.59 Å². The van der Waals surface area contributed by atoms with Crippen LogP contribution in [-0.4, -0.2) is 11.6 Å². The number of benzene rings is 4. The minimum absolute atomic E-state index is 0.0953. The number of carbonyl (C=O) groups excluding carboxylic acids is 2. The van der Waals surface area contributed by atoms with E-state index in [-0.39, 0.29) is 23.4 Å². The number of hydrogen-bond donors (Lipinski definition) is 0. The minimum Gasteiger partial charge on any atom is -0.294 e. The third kappa shape index (κ3) is 3.33. The zero-order valence-corrected chi connectivity index (χ0v) is 17.9. The number of ketones is 2. The molecule has 0 aliphatic rings. The van der Waals surface area contributed by atoms with Gasteiger partial charge in [-0.05, 0) is 32.7 Å². The predicted molar refractivity (Wildman–Crippen MR) is 125 cm³/mol. The van der Waals surface area contributed by atoms with Gasteiger partial charge in [-0.3, -0.25) is 9.59 Å². The average Bonchev–Trinajstić information content (AvgIpc) is 2.76. The van der Waals surface area contributed by atoms with Crippen LogP contribution in [0.3, 0.4) is 0 Å². The van der Waals surface area contributed by atoms with Crippen molar-refractivity contribution in [3.8, 4) is 11.1 Å². The normalized spacial score (nSPS) is 11.5. The smallest absolute Gasteiger partial charge is 0.166 e. The van der Waals surface area contributed by atoms with Crippen molar-refractivity contribution >= 4 is 33.1 Å². The zero-order valence-electron chi connectivity index (χ0n) is 17.9. The monoisotopic (exact) mass is 394 g/mol. The van der Waals surface area contributed by atoms with Crippen LogP contribution in [0.4, 0.5) is 0 Å². The van der Waals surface area contributed by atoms with Crippen LogP contribution in [0.25, 0.3) is 32.7 Å². The van der Waals surface area contributed by atoms with Gasteiger partial charge in [0, 0.05) is 23.0 Å². The van der Waals surface area contributed by atoms with E-state index in [1.807, 2.05) is 100 Å². The molecule has 0 radical (unpaired) electrons. The van der Waals surface area contributed by atoms with Crippen molar-refractivity contribution < 1.29 is 9.59 Å². The first-order chi connectivity index (χ1) is 14.4. The molecule has 2 heteroatoms. The lowest BCUT2D eigenvalue weighted by Crippen LogP contribution is -2.13. The fraction of sp³-hybridized carbons (Fsp3) is 0.214. The summed E-state index contributed by atoms with van der Waals surface area (Å²) in [4.78, 5) is 26.7. The molecule has 0 spiro atoms. The Labute approximate surface area is 177 Å². The lowest BCUT2D eigenvalue weighted by atomic mass is 9.83. The molecule has 0 aromatic heterocycles. The summed E-state index contributed by atoms with van der Waals surface area (Å²) < 4.78 is 0. The van der Waals surface area contributed by atoms with Crippen LogP contribution in [-0.2, 0) is 0 Å². The van der Waals surface area contributed by atoms with E-state index in [1.165, 1.54) is 0 Å². The summed E-state index contributed by atoms with van der Waals surface area (Å²) in [6, 6.07) is 24.0. The van der Waals surface area contributed by atoms with Crippen LogP contribution in [0.1, 0.15) is 48.4 Å². The van der Waals surface area contributed by atoms with E-state index in [1.54, 1.807) is 0 Å². The summed E-state index contributed by atoms with van der Waals surface area (Å²) in [6.07, 6.45) is 0. The first kappa shape index (κ1) is 20.0. The molecule has 0 aliphatic heterocycles. The number of carbonyl (C=O) groups is 2. The van der Waals surface area contributed by atoms with E-state index in [0.717, 1.165) is 32.7 Å². The Hall–Kier alpha value is -3.26. The standard InChI is InChI=1S/C28H26O2/c1-17(2)27(29)25-21-11-7-5-9-19(21)13-15-23(25)24-16-14-20-10-6-8-12-22(20)26(24)28(30)18(3)4/h5-18H,1-4H3. The Morgan fingerprint density at radius 2 is 0.900 bits per heavy atom. The lowest BCUT2D eigenvalue weighted by Gasteiger charge is -2.19. The fourth-order valence-electron chi connectivity index (χ4n) is 4.10. The average molecular weight is 395 g/mol. The fourth-order valence-corrected chi connectivity index (χ4v) is 4.10. The van der Waals surface area contributed by atoms with Gasteiger partial charge in [0.2, 0.25) is 0 Å². The molecule has 2 nitrogen and oxygen atoms in total. The highest BCUT2D eigenvalue weighted by Gasteiger charge is 2.24. The molecule has 0 N–H and O–H groups in total. The van der Waals surface area contributed by atoms with Crippen LogP contribution in [0.15, 0.2) is 72.8 Å². The van der Waals surface area contributed by atoms with Gasteiger partial charge >= 0.3 is 0 Å². The van der Waals surface area contributed by atoms with Crippen molar-refractivity contribution in [2.45, 2.75) is 27.7 Å². The highest BCUT2D eigenvalue weighted by atomic mass is 16.1. The maximum absolute atomic E-state index is 13.3. The molecule has 0 unspecified atom stereocenters. The van der Waals surface area contributed by atoms with Crippen LogP contribution >= 0.6 is 0 Å². The SMILES string of the molecule is CC(C)C(=O)c1c(-c2ccc3ccccc3c2C(=O)C(C)C)ccc2ccccc12. The molecule has 0 saturated heterocycles. The van der Waals surface area contributed by atoms with Crippen LogP contribution < -0.4 is 0 Å². The Balaban J connectivity index is 2.13. The van der Waals surface area contributed by atoms with Gasteiger partial charge in [0.15, 0.2) is 11.6 Å². The third-order valence-corrected chi connectivity index (χ3v) is 5.69. The van der Waals surface area contributed by atoms with E-state index in [0.29, 0.717) is 11.1 Å². The molecule has 0 amide bonds. The van der Waals surface area contributed by atoms with Crippen molar-refractivity contribution in [1.29, 1.82) is 0 Å². The van der Waals surface area contributed by atoms with Crippen molar-refractivity contribution in [3.63, 3.8) is 0 Å². The van der Waals surface area contributed by atoms with Gasteiger partial charge in [-0.2, -0.15) is 0 Å². The molecule has 0 fully saturated rings. The molecular formula is C28H26O2. The Morgan fingerprint density at radius 3 is 1.27 bits per heavy atom. The molecule has 0 atom stereocenters. The third-order valence-electron chi connectivity index (χ3n) is 5.69. The highest BCUT2D eigenvalue weighted by molar-refractivity contribution is 6.19. The van der Waals surface area contributed by atoms with Gasteiger partial charge < -0.3 is 0 Å². The molecule has 0 aliphatic carbocycles. The topological polar surface area (TPSA) is 34.1 Å². The maximum atomic E-state index is 13.3. The Kier molecular flexibility index (Phi) is 5.26. The quantitative estimate of drug-likeness (QED) is 0.332. The molecule has 4 rings (SSSR count). The molecule has 150 valence electrons. The van der Waals surface area contributed by atoms with E-state index >= 15 is 0 Å². The van der Waals surface area contributed by atoms with Crippen molar-refractivity contribution in [2.75, 3.05) is 0 Å². The maximum Gasteiger partial charge on any atom is 0.166 e. The summed E-state index contributed by atoms with van der Waals surface area (Å²) in [5, 5.41) is 3.93. The molecule has 0 heterocycles. The minimum atomic E-state index is -0.140. The second kappa shape index (κ2) is 7.87. The predicted octanol–water partition coefficient (Wildman–Crippen LogP) is 7.34. The molecule has 4 aromatic rings. The summed E-state index contributed by atoms with van der Waals surface area (Å²) in [6.45, 7) is 7.70. The molecular weight excluding hydrogens is 368 g/mol. The van der Waals surface area contributed by atoms with Crippen molar-refractivity contribution in [1.82, 2.24) is 0 Å². The van der Waals surface area contributed by atoms with Gasteiger partial charge in [0.25, 0.3) is 0 Å². The second-order valence-electron chi connectivity index (χ2n) is 8.46. The van der Waals surface area contributed by atoms with Crippen LogP contribution in [0.5, 0.6) is 0 Å². The van der Waals surface area contributed by atoms with Crippen molar-refractivity contribution in [3.05, 3.63) is 83.9 Å². The molecule has 0 saturated carbocycles. The lowest BCUT2D eigenvalue weighted by molar-refractivity contribution is 0.0932. The second-order valence-corrected chi connectivity index (χ2v) is 8.46. The van der Waals surface area contributed by atoms with Gasteiger partial charge in [0.1, 0.15) is 0 Å². The van der Waals surface area contributed by atoms with E-state index in [4.69, 9.17) is 0 Å². The summed E-state index contributed by atoms with van der Waals surface area (Å²) >= 11 is 0. The van der Waals surface area contributed by atoms with Gasteiger partial charge in [-0.1, -0.05) is 100 Å². The first-order valence-electron chi connectivity index (χ1n) is 10.5. The number of hydrogen-bond acceptors (Lipinski definition) is 2. The van der Waals surface area contributed by atoms with Gasteiger partial charge in [-0.25, -0.2) is 0 Å². The number of rotatable bonds is 5. The highest BCUT2D eigenvalue weighted by Crippen LogP contribution is 2.37. The summed E-state index contributed by atoms with van der Waals surface area (Å²) in [7, 11) is 0. The number of fused-ring (bicyclic) bond motifs is 2. The van der Waals surface area contributed by atoms with E-state index < -0.39 is 0 Å². The van der Waals surface area contributed by atoms with Crippen LogP contribution in [0, 0.1) is 11.8 Å². The van der Waals surface area contributed by atoms with Crippen molar-refractivity contribution in [2.24, 2.45) is 11.8 Å². The Morgan fingerprint density at radius 1 is 0.533 bits per heavy atom. The number of Topliss-reactive ketones (excluding diaryl/α,β-unsaturated/α-hetero) is 2. The molecule has 30 heavy (non-hydrogen) atoms. The molecule has 4 aromatic carbocycles. The largest absolute Gasteiger partial charge is 0.294 e. The summed E-state index contributed by atoms with van der Waals surface area (Å²) in [5.41, 5.74) is 3.08. The zero-order chi connectivity index (χ0) is 21.4. The van der Waals surface area contributed by atoms with Gasteiger partial charge in [0.05, 0.1) is 0 Å². The van der Waals surface area contributed by atoms with Crippen LogP contribution in [0.2, 0.25) is 0 Å². The summed E-state index contributed by atoms with van der Waals surface area (Å²) in [5.74, 6) is -0.0886.